The van der Waals surface area contributed by atoms with Gasteiger partial charge in [0, 0.05) is 21.8 Å². The molecule has 128 valence electrons. The van der Waals surface area contributed by atoms with Crippen LogP contribution in [0.15, 0.2) is 60.7 Å². The van der Waals surface area contributed by atoms with Crippen LogP contribution in [0.25, 0.3) is 21.8 Å². The molecule has 0 radical (unpaired) electrons. The number of fused-ring (bicyclic) bond motifs is 2. The molecule has 0 aliphatic rings. The maximum Gasteiger partial charge on any atom is 0.352 e. The van der Waals surface area contributed by atoms with Crippen molar-refractivity contribution in [1.29, 1.82) is 0 Å². The van der Waals surface area contributed by atoms with E-state index in [-0.39, 0.29) is 16.9 Å². The van der Waals surface area contributed by atoms with E-state index in [0.717, 1.165) is 21.8 Å². The number of aromatic amines is 2. The number of aromatic carboxylic acids is 2. The van der Waals surface area contributed by atoms with Gasteiger partial charge in [-0.1, -0.05) is 36.4 Å². The van der Waals surface area contributed by atoms with E-state index in [0.29, 0.717) is 0 Å². The molecule has 0 saturated carbocycles. The lowest BCUT2D eigenvalue weighted by atomic mass is 10.2. The molecule has 0 saturated heterocycles. The molecule has 0 aliphatic carbocycles. The third-order valence-electron chi connectivity index (χ3n) is 3.52. The Morgan fingerprint density at radius 3 is 1.36 bits per heavy atom. The molecule has 0 fully saturated rings. The third-order valence-corrected chi connectivity index (χ3v) is 3.52. The Kier molecular flexibility index (Phi) is 5.21. The zero-order valence-electron chi connectivity index (χ0n) is 13.0. The Morgan fingerprint density at radius 1 is 0.680 bits per heavy atom. The van der Waals surface area contributed by atoms with Crippen LogP contribution in [0.1, 0.15) is 21.0 Å². The summed E-state index contributed by atoms with van der Waals surface area (Å²) in [6.45, 7) is 0. The molecule has 0 bridgehead atoms. The molecule has 0 aliphatic heterocycles. The predicted octanol–water partition coefficient (Wildman–Crippen LogP) is 2.91. The quantitative estimate of drug-likeness (QED) is 0.445. The first-order chi connectivity index (χ1) is 11.5. The van der Waals surface area contributed by atoms with Gasteiger partial charge >= 0.3 is 11.9 Å². The molecule has 2 heterocycles. The number of nitrogens with one attached hydrogen (secondary N) is 2. The molecular formula is C18H16N2O5. The van der Waals surface area contributed by atoms with Gasteiger partial charge in [0.2, 0.25) is 0 Å². The van der Waals surface area contributed by atoms with Crippen LogP contribution in [0.2, 0.25) is 0 Å². The van der Waals surface area contributed by atoms with E-state index >= 15 is 0 Å². The summed E-state index contributed by atoms with van der Waals surface area (Å²) in [5.74, 6) is -1.85. The first kappa shape index (κ1) is 17.8. The molecule has 4 rings (SSSR count). The van der Waals surface area contributed by atoms with Gasteiger partial charge in [-0.25, -0.2) is 9.59 Å². The van der Waals surface area contributed by atoms with Crippen molar-refractivity contribution in [2.24, 2.45) is 0 Å². The minimum absolute atomic E-state index is 0. The van der Waals surface area contributed by atoms with Gasteiger partial charge < -0.3 is 25.7 Å². The highest BCUT2D eigenvalue weighted by Crippen LogP contribution is 2.14. The van der Waals surface area contributed by atoms with Gasteiger partial charge in [0.25, 0.3) is 0 Å². The van der Waals surface area contributed by atoms with Crippen LogP contribution in [0.3, 0.4) is 0 Å². The first-order valence-corrected chi connectivity index (χ1v) is 7.16. The van der Waals surface area contributed by atoms with Crippen LogP contribution in [-0.2, 0) is 0 Å². The lowest BCUT2D eigenvalue weighted by Crippen LogP contribution is -1.94. The topological polar surface area (TPSA) is 138 Å². The van der Waals surface area contributed by atoms with Crippen LogP contribution in [-0.4, -0.2) is 37.6 Å². The van der Waals surface area contributed by atoms with E-state index in [1.807, 2.05) is 48.5 Å². The lowest BCUT2D eigenvalue weighted by molar-refractivity contribution is 0.0681. The van der Waals surface area contributed by atoms with Crippen molar-refractivity contribution < 1.29 is 25.3 Å². The second kappa shape index (κ2) is 7.33. The highest BCUT2D eigenvalue weighted by atomic mass is 16.4. The van der Waals surface area contributed by atoms with Crippen molar-refractivity contribution in [3.63, 3.8) is 0 Å². The average molecular weight is 340 g/mol. The smallest absolute Gasteiger partial charge is 0.352 e. The summed E-state index contributed by atoms with van der Waals surface area (Å²) in [6, 6.07) is 18.2. The van der Waals surface area contributed by atoms with E-state index < -0.39 is 11.9 Å². The number of hydrogen-bond donors (Lipinski definition) is 4. The van der Waals surface area contributed by atoms with E-state index in [1.54, 1.807) is 12.1 Å². The summed E-state index contributed by atoms with van der Waals surface area (Å²) in [4.78, 5) is 26.7. The van der Waals surface area contributed by atoms with E-state index in [9.17, 15) is 9.59 Å². The SMILES string of the molecule is O.O=C(O)c1cc2ccccc2[nH]1.O=C(O)c1cc2ccccc2[nH]1. The van der Waals surface area contributed by atoms with Crippen LogP contribution in [0, 0.1) is 0 Å². The number of carboxylic acid groups (broad SMARTS) is 2. The van der Waals surface area contributed by atoms with Gasteiger partial charge in [0.05, 0.1) is 0 Å². The number of para-hydroxylation sites is 2. The molecule has 0 atom stereocenters. The van der Waals surface area contributed by atoms with Crippen LogP contribution >= 0.6 is 0 Å². The monoisotopic (exact) mass is 340 g/mol. The van der Waals surface area contributed by atoms with E-state index in [1.165, 1.54) is 0 Å². The summed E-state index contributed by atoms with van der Waals surface area (Å²) in [7, 11) is 0. The van der Waals surface area contributed by atoms with E-state index in [2.05, 4.69) is 9.97 Å². The van der Waals surface area contributed by atoms with Crippen molar-refractivity contribution in [2.75, 3.05) is 0 Å². The molecule has 25 heavy (non-hydrogen) atoms. The number of aromatic nitrogens is 2. The van der Waals surface area contributed by atoms with Gasteiger partial charge in [-0.3, -0.25) is 0 Å². The summed E-state index contributed by atoms with van der Waals surface area (Å²) in [5, 5.41) is 19.2. The fourth-order valence-electron chi connectivity index (χ4n) is 2.38. The number of rotatable bonds is 2. The fraction of sp³-hybridized carbons (Fsp3) is 0. The molecule has 0 amide bonds. The maximum atomic E-state index is 10.5. The molecule has 6 N–H and O–H groups in total. The molecule has 7 heteroatoms. The standard InChI is InChI=1S/2C9H7NO2.H2O/c2*11-9(12)8-5-6-3-1-2-4-7(6)10-8;/h2*1-5,10H,(H,11,12);1H2. The molecule has 7 nitrogen and oxygen atoms in total. The minimum atomic E-state index is -0.925. The summed E-state index contributed by atoms with van der Waals surface area (Å²) in [6.07, 6.45) is 0. The normalized spacial score (nSPS) is 9.92. The first-order valence-electron chi connectivity index (χ1n) is 7.16. The summed E-state index contributed by atoms with van der Waals surface area (Å²) >= 11 is 0. The van der Waals surface area contributed by atoms with Gasteiger partial charge in [0.15, 0.2) is 0 Å². The van der Waals surface area contributed by atoms with Crippen molar-refractivity contribution in [3.05, 3.63) is 72.1 Å². The summed E-state index contributed by atoms with van der Waals surface area (Å²) < 4.78 is 0. The third kappa shape index (κ3) is 3.85. The van der Waals surface area contributed by atoms with Crippen molar-refractivity contribution in [1.82, 2.24) is 9.97 Å². The Morgan fingerprint density at radius 2 is 1.04 bits per heavy atom. The van der Waals surface area contributed by atoms with E-state index in [4.69, 9.17) is 10.2 Å². The number of hydrogen-bond acceptors (Lipinski definition) is 2. The second-order valence-corrected chi connectivity index (χ2v) is 5.15. The highest BCUT2D eigenvalue weighted by Gasteiger charge is 2.06. The van der Waals surface area contributed by atoms with Gasteiger partial charge in [-0.15, -0.1) is 0 Å². The highest BCUT2D eigenvalue weighted by molar-refractivity contribution is 5.94. The van der Waals surface area contributed by atoms with Crippen molar-refractivity contribution >= 4 is 33.7 Å². The second-order valence-electron chi connectivity index (χ2n) is 5.15. The maximum absolute atomic E-state index is 10.5. The number of H-pyrrole nitrogens is 2. The van der Waals surface area contributed by atoms with Gasteiger partial charge in [0.1, 0.15) is 11.4 Å². The Labute approximate surface area is 141 Å². The van der Waals surface area contributed by atoms with Crippen molar-refractivity contribution in [2.45, 2.75) is 0 Å². The molecule has 4 aromatic rings. The van der Waals surface area contributed by atoms with Gasteiger partial charge in [-0.2, -0.15) is 0 Å². The fourth-order valence-corrected chi connectivity index (χ4v) is 2.38. The lowest BCUT2D eigenvalue weighted by Gasteiger charge is -1.84. The average Bonchev–Trinajstić information content (AvgIpc) is 3.19. The minimum Gasteiger partial charge on any atom is -0.477 e. The molecular weight excluding hydrogens is 324 g/mol. The zero-order chi connectivity index (χ0) is 17.1. The molecule has 0 spiro atoms. The van der Waals surface area contributed by atoms with Crippen LogP contribution in [0.4, 0.5) is 0 Å². The Bertz CT molecular complexity index is 882. The molecule has 2 aromatic heterocycles. The molecule has 0 unspecified atom stereocenters. The van der Waals surface area contributed by atoms with Crippen LogP contribution < -0.4 is 0 Å². The van der Waals surface area contributed by atoms with Crippen molar-refractivity contribution in [3.8, 4) is 0 Å². The Balaban J connectivity index is 0.000000173. The number of carboxylic acids is 2. The predicted molar refractivity (Wildman–Crippen MR) is 94.1 cm³/mol. The van der Waals surface area contributed by atoms with Crippen LogP contribution in [0.5, 0.6) is 0 Å². The summed E-state index contributed by atoms with van der Waals surface area (Å²) in [5.41, 5.74) is 2.18. The van der Waals surface area contributed by atoms with Gasteiger partial charge in [-0.05, 0) is 24.3 Å². The largest absolute Gasteiger partial charge is 0.477 e. The molecule has 2 aromatic carbocycles. The number of benzene rings is 2. The zero-order valence-corrected chi connectivity index (χ0v) is 13.0. The number of carbonyl (C=O) groups is 2. The Hall–Kier alpha value is -3.58.